The summed E-state index contributed by atoms with van der Waals surface area (Å²) in [4.78, 5) is 21.5. The third-order valence-corrected chi connectivity index (χ3v) is 5.37. The van der Waals surface area contributed by atoms with Gasteiger partial charge in [0.15, 0.2) is 5.82 Å². The van der Waals surface area contributed by atoms with E-state index in [9.17, 15) is 4.79 Å². The molecule has 1 N–H and O–H groups in total. The first-order valence-electron chi connectivity index (χ1n) is 9.54. The lowest BCUT2D eigenvalue weighted by molar-refractivity contribution is 0.242. The topological polar surface area (TPSA) is 48.5 Å². The van der Waals surface area contributed by atoms with E-state index >= 15 is 0 Å². The number of hydrogen-bond donors (Lipinski definition) is 1. The molecule has 1 saturated carbocycles. The number of nitrogens with zero attached hydrogens (tertiary/aromatic N) is 3. The van der Waals surface area contributed by atoms with Gasteiger partial charge in [0.25, 0.3) is 0 Å². The molecule has 1 aromatic heterocycles. The number of nitrogens with one attached hydrogen (secondary N) is 1. The van der Waals surface area contributed by atoms with Crippen molar-refractivity contribution in [2.45, 2.75) is 45.2 Å². The molecule has 1 aliphatic heterocycles. The molecule has 2 heterocycles. The monoisotopic (exact) mass is 350 g/mol. The van der Waals surface area contributed by atoms with Crippen LogP contribution >= 0.6 is 0 Å². The first-order valence-corrected chi connectivity index (χ1v) is 9.54. The second kappa shape index (κ2) is 7.36. The van der Waals surface area contributed by atoms with Gasteiger partial charge in [0.2, 0.25) is 0 Å². The second-order valence-corrected chi connectivity index (χ2v) is 7.34. The van der Waals surface area contributed by atoms with Crippen molar-refractivity contribution in [3.05, 3.63) is 53.7 Å². The Balaban J connectivity index is 1.52. The molecule has 0 saturated heterocycles. The Labute approximate surface area is 155 Å². The van der Waals surface area contributed by atoms with E-state index in [-0.39, 0.29) is 6.03 Å². The van der Waals surface area contributed by atoms with Crippen molar-refractivity contribution in [1.29, 1.82) is 0 Å². The zero-order valence-corrected chi connectivity index (χ0v) is 15.3. The van der Waals surface area contributed by atoms with Gasteiger partial charge in [-0.15, -0.1) is 0 Å². The summed E-state index contributed by atoms with van der Waals surface area (Å²) in [6.07, 6.45) is 6.43. The van der Waals surface area contributed by atoms with E-state index in [1.807, 2.05) is 17.0 Å². The predicted molar refractivity (Wildman–Crippen MR) is 105 cm³/mol. The van der Waals surface area contributed by atoms with Crippen LogP contribution in [0.5, 0.6) is 0 Å². The minimum atomic E-state index is 0.0149. The van der Waals surface area contributed by atoms with Gasteiger partial charge < -0.3 is 10.2 Å². The zero-order valence-electron chi connectivity index (χ0n) is 15.3. The maximum absolute atomic E-state index is 12.8. The predicted octanol–water partition coefficient (Wildman–Crippen LogP) is 3.87. The summed E-state index contributed by atoms with van der Waals surface area (Å²) in [6.45, 7) is 4.38. The van der Waals surface area contributed by atoms with E-state index in [1.54, 1.807) is 6.20 Å². The van der Waals surface area contributed by atoms with Crippen molar-refractivity contribution in [1.82, 2.24) is 10.3 Å². The molecule has 5 nitrogen and oxygen atoms in total. The van der Waals surface area contributed by atoms with Crippen molar-refractivity contribution in [2.75, 3.05) is 22.9 Å². The fourth-order valence-electron chi connectivity index (χ4n) is 3.89. The molecule has 26 heavy (non-hydrogen) atoms. The van der Waals surface area contributed by atoms with E-state index < -0.39 is 0 Å². The lowest BCUT2D eigenvalue weighted by Crippen LogP contribution is -2.50. The zero-order chi connectivity index (χ0) is 17.9. The normalized spacial score (nSPS) is 17.3. The van der Waals surface area contributed by atoms with Crippen LogP contribution in [0.15, 0.2) is 42.6 Å². The summed E-state index contributed by atoms with van der Waals surface area (Å²) >= 11 is 0. The summed E-state index contributed by atoms with van der Waals surface area (Å²) in [6, 6.07) is 12.9. The number of urea groups is 1. The van der Waals surface area contributed by atoms with E-state index in [2.05, 4.69) is 46.4 Å². The molecule has 0 radical (unpaired) electrons. The van der Waals surface area contributed by atoms with Crippen LogP contribution in [-0.4, -0.2) is 30.1 Å². The van der Waals surface area contributed by atoms with Crippen molar-refractivity contribution in [3.8, 4) is 0 Å². The number of pyridine rings is 1. The first-order chi connectivity index (χ1) is 12.7. The molecule has 1 fully saturated rings. The molecule has 136 valence electrons. The average molecular weight is 350 g/mol. The van der Waals surface area contributed by atoms with Crippen LogP contribution in [0.2, 0.25) is 0 Å². The van der Waals surface area contributed by atoms with Gasteiger partial charge in [-0.1, -0.05) is 42.7 Å². The van der Waals surface area contributed by atoms with Crippen molar-refractivity contribution >= 4 is 17.5 Å². The highest BCUT2D eigenvalue weighted by Gasteiger charge is 2.29. The summed E-state index contributed by atoms with van der Waals surface area (Å²) in [7, 11) is 0. The maximum atomic E-state index is 12.8. The highest BCUT2D eigenvalue weighted by molar-refractivity contribution is 5.96. The van der Waals surface area contributed by atoms with Gasteiger partial charge in [-0.3, -0.25) is 4.90 Å². The molecule has 1 aromatic carbocycles. The van der Waals surface area contributed by atoms with Crippen LogP contribution in [0.4, 0.5) is 16.3 Å². The van der Waals surface area contributed by atoms with Crippen LogP contribution in [-0.2, 0) is 6.54 Å². The van der Waals surface area contributed by atoms with Crippen molar-refractivity contribution in [3.63, 3.8) is 0 Å². The van der Waals surface area contributed by atoms with Crippen LogP contribution < -0.4 is 15.1 Å². The number of carbonyl (C=O) groups excluding carboxylic acids is 1. The van der Waals surface area contributed by atoms with Crippen LogP contribution in [0.3, 0.4) is 0 Å². The number of anilines is 2. The van der Waals surface area contributed by atoms with Gasteiger partial charge >= 0.3 is 6.03 Å². The lowest BCUT2D eigenvalue weighted by Gasteiger charge is -2.37. The van der Waals surface area contributed by atoms with Gasteiger partial charge in [0.1, 0.15) is 0 Å². The Morgan fingerprint density at radius 1 is 1.15 bits per heavy atom. The number of fused-ring (bicyclic) bond motifs is 1. The highest BCUT2D eigenvalue weighted by Crippen LogP contribution is 2.32. The fraction of sp³-hybridized carbons (Fsp3) is 0.429. The third kappa shape index (κ3) is 3.52. The lowest BCUT2D eigenvalue weighted by atomic mass is 10.1. The number of rotatable bonds is 3. The number of aromatic nitrogens is 1. The molecule has 0 unspecified atom stereocenters. The molecule has 2 aliphatic rings. The van der Waals surface area contributed by atoms with E-state index in [0.717, 1.165) is 37.4 Å². The molecule has 0 atom stereocenters. The fourth-order valence-corrected chi connectivity index (χ4v) is 3.89. The highest BCUT2D eigenvalue weighted by atomic mass is 16.2. The van der Waals surface area contributed by atoms with Gasteiger partial charge in [0, 0.05) is 31.9 Å². The molecule has 2 aromatic rings. The smallest absolute Gasteiger partial charge is 0.322 e. The number of hydrogen-bond acceptors (Lipinski definition) is 3. The molecule has 2 amide bonds. The maximum Gasteiger partial charge on any atom is 0.322 e. The number of amides is 2. The van der Waals surface area contributed by atoms with Gasteiger partial charge in [-0.25, -0.2) is 9.78 Å². The van der Waals surface area contributed by atoms with Crippen molar-refractivity contribution in [2.24, 2.45) is 0 Å². The summed E-state index contributed by atoms with van der Waals surface area (Å²) in [5.74, 6) is 0.890. The van der Waals surface area contributed by atoms with Crippen molar-refractivity contribution < 1.29 is 4.79 Å². The van der Waals surface area contributed by atoms with E-state index in [1.165, 1.54) is 24.0 Å². The van der Waals surface area contributed by atoms with E-state index in [0.29, 0.717) is 12.6 Å². The summed E-state index contributed by atoms with van der Waals surface area (Å²) < 4.78 is 0. The molecule has 1 aliphatic carbocycles. The molecular weight excluding hydrogens is 324 g/mol. The Kier molecular flexibility index (Phi) is 4.78. The SMILES string of the molecule is Cc1ccc(CN2CCN(C(=O)NC3CCCC3)c3cccnc32)cc1. The Hall–Kier alpha value is -2.56. The largest absolute Gasteiger partial charge is 0.349 e. The average Bonchev–Trinajstić information content (AvgIpc) is 3.17. The minimum absolute atomic E-state index is 0.0149. The standard InChI is InChI=1S/C21H26N4O/c1-16-8-10-17(11-9-16)15-24-13-14-25(19-7-4-12-22-20(19)24)21(26)23-18-5-2-3-6-18/h4,7-12,18H,2-3,5-6,13-15H2,1H3,(H,23,26). The first kappa shape index (κ1) is 16.9. The minimum Gasteiger partial charge on any atom is -0.349 e. The van der Waals surface area contributed by atoms with Gasteiger partial charge in [-0.05, 0) is 37.5 Å². The molecular formula is C21H26N4O. The number of benzene rings is 1. The quantitative estimate of drug-likeness (QED) is 0.914. The van der Waals surface area contributed by atoms with Crippen LogP contribution in [0.25, 0.3) is 0 Å². The van der Waals surface area contributed by atoms with Gasteiger partial charge in [-0.2, -0.15) is 0 Å². The Morgan fingerprint density at radius 3 is 2.69 bits per heavy atom. The van der Waals surface area contributed by atoms with Gasteiger partial charge in [0.05, 0.1) is 5.69 Å². The summed E-state index contributed by atoms with van der Waals surface area (Å²) in [5, 5.41) is 3.20. The second-order valence-electron chi connectivity index (χ2n) is 7.34. The van der Waals surface area contributed by atoms with Crippen LogP contribution in [0, 0.1) is 6.92 Å². The number of carbonyl (C=O) groups is 1. The molecule has 4 rings (SSSR count). The third-order valence-electron chi connectivity index (χ3n) is 5.37. The van der Waals surface area contributed by atoms with E-state index in [4.69, 9.17) is 0 Å². The molecule has 0 bridgehead atoms. The Bertz CT molecular complexity index is 768. The Morgan fingerprint density at radius 2 is 1.92 bits per heavy atom. The van der Waals surface area contributed by atoms with Crippen LogP contribution in [0.1, 0.15) is 36.8 Å². The molecule has 5 heteroatoms. The number of aryl methyl sites for hydroxylation is 1. The molecule has 0 spiro atoms. The summed E-state index contributed by atoms with van der Waals surface area (Å²) in [5.41, 5.74) is 3.43.